The molecule has 1 N–H and O–H groups in total. The highest BCUT2D eigenvalue weighted by Crippen LogP contribution is 2.03. The van der Waals surface area contributed by atoms with Gasteiger partial charge in [-0.05, 0) is 19.4 Å². The van der Waals surface area contributed by atoms with E-state index in [0.717, 1.165) is 0 Å². The van der Waals surface area contributed by atoms with Crippen molar-refractivity contribution in [2.75, 3.05) is 6.61 Å². The van der Waals surface area contributed by atoms with Gasteiger partial charge in [0, 0.05) is 18.7 Å². The standard InChI is InChI=1S/C10H15NO3/c1-5-14-10(13)6-7(2)8(3)11-9(4)12/h6H,3,5H2,1-2,4H3,(H,11,12)/b7-6+. The molecule has 0 heterocycles. The number of carbonyl (C=O) groups is 2. The maximum atomic E-state index is 11.0. The summed E-state index contributed by atoms with van der Waals surface area (Å²) in [4.78, 5) is 21.6. The molecule has 0 aliphatic rings. The first-order chi connectivity index (χ1) is 6.47. The van der Waals surface area contributed by atoms with Gasteiger partial charge < -0.3 is 10.1 Å². The van der Waals surface area contributed by atoms with Crippen LogP contribution in [0.2, 0.25) is 0 Å². The van der Waals surface area contributed by atoms with Crippen LogP contribution < -0.4 is 5.32 Å². The zero-order chi connectivity index (χ0) is 11.1. The molecule has 0 saturated heterocycles. The molecule has 0 aromatic carbocycles. The highest BCUT2D eigenvalue weighted by atomic mass is 16.5. The Balaban J connectivity index is 4.30. The minimum absolute atomic E-state index is 0.216. The van der Waals surface area contributed by atoms with Crippen LogP contribution in [-0.4, -0.2) is 18.5 Å². The van der Waals surface area contributed by atoms with Gasteiger partial charge in [-0.2, -0.15) is 0 Å². The van der Waals surface area contributed by atoms with Crippen molar-refractivity contribution in [3.8, 4) is 0 Å². The number of ether oxygens (including phenoxy) is 1. The van der Waals surface area contributed by atoms with Crippen molar-refractivity contribution in [1.82, 2.24) is 5.32 Å². The van der Waals surface area contributed by atoms with Crippen LogP contribution in [0, 0.1) is 0 Å². The van der Waals surface area contributed by atoms with Gasteiger partial charge in [0.15, 0.2) is 0 Å². The minimum Gasteiger partial charge on any atom is -0.463 e. The molecule has 0 aromatic rings. The van der Waals surface area contributed by atoms with Gasteiger partial charge in [0.25, 0.3) is 0 Å². The molecule has 0 aromatic heterocycles. The molecule has 0 fully saturated rings. The molecule has 0 saturated carbocycles. The lowest BCUT2D eigenvalue weighted by Crippen LogP contribution is -2.19. The molecule has 0 unspecified atom stereocenters. The fourth-order valence-electron chi connectivity index (χ4n) is 0.759. The van der Waals surface area contributed by atoms with E-state index in [-0.39, 0.29) is 5.91 Å². The summed E-state index contributed by atoms with van der Waals surface area (Å²) in [6.07, 6.45) is 1.29. The summed E-state index contributed by atoms with van der Waals surface area (Å²) in [5, 5.41) is 2.48. The predicted molar refractivity (Wildman–Crippen MR) is 53.3 cm³/mol. The van der Waals surface area contributed by atoms with Gasteiger partial charge in [0.05, 0.1) is 6.61 Å². The number of hydrogen-bond acceptors (Lipinski definition) is 3. The summed E-state index contributed by atoms with van der Waals surface area (Å²) in [5.74, 6) is -0.650. The molecule has 0 aliphatic carbocycles. The monoisotopic (exact) mass is 197 g/mol. The van der Waals surface area contributed by atoms with E-state index in [2.05, 4.69) is 11.9 Å². The van der Waals surface area contributed by atoms with Crippen LogP contribution in [0.25, 0.3) is 0 Å². The van der Waals surface area contributed by atoms with E-state index in [4.69, 9.17) is 4.74 Å². The smallest absolute Gasteiger partial charge is 0.331 e. The number of nitrogens with one attached hydrogen (secondary N) is 1. The normalized spacial score (nSPS) is 10.6. The maximum Gasteiger partial charge on any atom is 0.331 e. The van der Waals surface area contributed by atoms with Crippen LogP contribution in [-0.2, 0) is 14.3 Å². The van der Waals surface area contributed by atoms with Gasteiger partial charge >= 0.3 is 5.97 Å². The minimum atomic E-state index is -0.434. The van der Waals surface area contributed by atoms with E-state index < -0.39 is 5.97 Å². The molecule has 4 heteroatoms. The third-order valence-corrected chi connectivity index (χ3v) is 1.42. The molecule has 0 rings (SSSR count). The SMILES string of the molecule is C=C(NC(C)=O)/C(C)=C/C(=O)OCC. The van der Waals surface area contributed by atoms with E-state index in [1.807, 2.05) is 0 Å². The molecule has 0 spiro atoms. The first-order valence-corrected chi connectivity index (χ1v) is 4.29. The third kappa shape index (κ3) is 5.13. The Bertz CT molecular complexity index is 279. The fraction of sp³-hybridized carbons (Fsp3) is 0.400. The number of carbonyl (C=O) groups excluding carboxylic acids is 2. The van der Waals surface area contributed by atoms with Gasteiger partial charge in [0.2, 0.25) is 5.91 Å². The molecule has 0 bridgehead atoms. The first-order valence-electron chi connectivity index (χ1n) is 4.29. The van der Waals surface area contributed by atoms with Crippen molar-refractivity contribution in [1.29, 1.82) is 0 Å². The molecule has 0 aliphatic heterocycles. The Kier molecular flexibility index (Phi) is 5.29. The third-order valence-electron chi connectivity index (χ3n) is 1.42. The Morgan fingerprint density at radius 2 is 2.00 bits per heavy atom. The summed E-state index contributed by atoms with van der Waals surface area (Å²) in [6.45, 7) is 8.71. The van der Waals surface area contributed by atoms with Crippen molar-refractivity contribution in [2.24, 2.45) is 0 Å². The number of hydrogen-bond donors (Lipinski definition) is 1. The number of esters is 1. The summed E-state index contributed by atoms with van der Waals surface area (Å²) < 4.78 is 4.70. The molecule has 14 heavy (non-hydrogen) atoms. The van der Waals surface area contributed by atoms with Crippen molar-refractivity contribution >= 4 is 11.9 Å². The van der Waals surface area contributed by atoms with Crippen LogP contribution in [0.4, 0.5) is 0 Å². The Morgan fingerprint density at radius 3 is 2.43 bits per heavy atom. The van der Waals surface area contributed by atoms with Gasteiger partial charge in [-0.1, -0.05) is 6.58 Å². The molecule has 0 atom stereocenters. The quantitative estimate of drug-likeness (QED) is 0.418. The first kappa shape index (κ1) is 12.4. The van der Waals surface area contributed by atoms with E-state index in [0.29, 0.717) is 17.9 Å². The fourth-order valence-corrected chi connectivity index (χ4v) is 0.759. The maximum absolute atomic E-state index is 11.0. The molecular weight excluding hydrogens is 182 g/mol. The summed E-state index contributed by atoms with van der Waals surface area (Å²) in [6, 6.07) is 0. The van der Waals surface area contributed by atoms with Crippen LogP contribution in [0.3, 0.4) is 0 Å². The molecule has 78 valence electrons. The topological polar surface area (TPSA) is 55.4 Å². The van der Waals surface area contributed by atoms with Gasteiger partial charge in [-0.15, -0.1) is 0 Å². The molecule has 4 nitrogen and oxygen atoms in total. The zero-order valence-electron chi connectivity index (χ0n) is 8.72. The lowest BCUT2D eigenvalue weighted by Gasteiger charge is -2.05. The summed E-state index contributed by atoms with van der Waals surface area (Å²) in [7, 11) is 0. The Morgan fingerprint density at radius 1 is 1.43 bits per heavy atom. The predicted octanol–water partition coefficient (Wildman–Crippen LogP) is 1.15. The lowest BCUT2D eigenvalue weighted by atomic mass is 10.2. The zero-order valence-corrected chi connectivity index (χ0v) is 8.72. The van der Waals surface area contributed by atoms with Gasteiger partial charge in [-0.25, -0.2) is 4.79 Å². The van der Waals surface area contributed by atoms with Crippen LogP contribution in [0.1, 0.15) is 20.8 Å². The highest BCUT2D eigenvalue weighted by Gasteiger charge is 2.02. The summed E-state index contributed by atoms with van der Waals surface area (Å²) in [5.41, 5.74) is 0.990. The average Bonchev–Trinajstić information content (AvgIpc) is 2.02. The Labute approximate surface area is 83.6 Å². The van der Waals surface area contributed by atoms with Gasteiger partial charge in [-0.3, -0.25) is 4.79 Å². The summed E-state index contributed by atoms with van der Waals surface area (Å²) >= 11 is 0. The van der Waals surface area contributed by atoms with Crippen molar-refractivity contribution in [3.63, 3.8) is 0 Å². The second-order valence-electron chi connectivity index (χ2n) is 2.74. The number of amides is 1. The Hall–Kier alpha value is -1.58. The van der Waals surface area contributed by atoms with Crippen molar-refractivity contribution in [3.05, 3.63) is 23.9 Å². The van der Waals surface area contributed by atoms with E-state index in [9.17, 15) is 9.59 Å². The number of allylic oxidation sites excluding steroid dienone is 1. The van der Waals surface area contributed by atoms with Crippen LogP contribution in [0.5, 0.6) is 0 Å². The second kappa shape index (κ2) is 5.96. The van der Waals surface area contributed by atoms with Crippen LogP contribution >= 0.6 is 0 Å². The van der Waals surface area contributed by atoms with E-state index >= 15 is 0 Å². The molecular formula is C10H15NO3. The van der Waals surface area contributed by atoms with Crippen molar-refractivity contribution in [2.45, 2.75) is 20.8 Å². The molecule has 0 radical (unpaired) electrons. The van der Waals surface area contributed by atoms with Crippen LogP contribution in [0.15, 0.2) is 23.9 Å². The van der Waals surface area contributed by atoms with E-state index in [1.54, 1.807) is 13.8 Å². The lowest BCUT2D eigenvalue weighted by molar-refractivity contribution is -0.137. The van der Waals surface area contributed by atoms with Gasteiger partial charge in [0.1, 0.15) is 0 Å². The van der Waals surface area contributed by atoms with E-state index in [1.165, 1.54) is 13.0 Å². The highest BCUT2D eigenvalue weighted by molar-refractivity contribution is 5.84. The number of rotatable bonds is 4. The van der Waals surface area contributed by atoms with Crippen molar-refractivity contribution < 1.29 is 14.3 Å². The second-order valence-corrected chi connectivity index (χ2v) is 2.74. The largest absolute Gasteiger partial charge is 0.463 e. The molecule has 1 amide bonds. The average molecular weight is 197 g/mol.